The fraction of sp³-hybridized carbons (Fsp3) is 0.556. The van der Waals surface area contributed by atoms with Crippen molar-refractivity contribution in [1.82, 2.24) is 0 Å². The average Bonchev–Trinajstić information content (AvgIpc) is 2.05. The first-order valence-corrected chi connectivity index (χ1v) is 3.74. The van der Waals surface area contributed by atoms with Crippen LogP contribution in [0, 0.1) is 0 Å². The van der Waals surface area contributed by atoms with Gasteiger partial charge in [-0.05, 0) is 32.5 Å². The topological polar surface area (TPSA) is 26.0 Å². The zero-order valence-electron chi connectivity index (χ0n) is 7.73. The van der Waals surface area contributed by atoms with Crippen molar-refractivity contribution in [3.8, 4) is 0 Å². The maximum Gasteiger partial charge on any atom is -0.00300 e. The first-order valence-electron chi connectivity index (χ1n) is 3.74. The molecule has 1 heteroatoms. The molecule has 0 heterocycles. The minimum absolute atomic E-state index is 1.15. The Balaban J connectivity index is 0. The molecule has 0 saturated heterocycles. The van der Waals surface area contributed by atoms with E-state index in [9.17, 15) is 0 Å². The van der Waals surface area contributed by atoms with E-state index < -0.39 is 0 Å². The van der Waals surface area contributed by atoms with E-state index in [2.05, 4.69) is 0 Å². The molecule has 0 aromatic heterocycles. The van der Waals surface area contributed by atoms with Crippen LogP contribution < -0.4 is 5.73 Å². The molecule has 2 N–H and O–H groups in total. The molecule has 60 valence electrons. The molecule has 0 aliphatic heterocycles. The lowest BCUT2D eigenvalue weighted by Gasteiger charge is -1.95. The van der Waals surface area contributed by atoms with Gasteiger partial charge in [0.1, 0.15) is 0 Å². The van der Waals surface area contributed by atoms with Crippen LogP contribution in [0.2, 0.25) is 0 Å². The molecule has 0 atom stereocenters. The van der Waals surface area contributed by atoms with E-state index in [4.69, 9.17) is 5.73 Å². The van der Waals surface area contributed by atoms with Crippen molar-refractivity contribution in [3.63, 3.8) is 0 Å². The molecule has 0 rings (SSSR count). The van der Waals surface area contributed by atoms with Crippen molar-refractivity contribution in [3.05, 3.63) is 23.4 Å². The molecular formula is C9H19N. The summed E-state index contributed by atoms with van der Waals surface area (Å²) in [6, 6.07) is 0. The van der Waals surface area contributed by atoms with E-state index in [-0.39, 0.29) is 0 Å². The summed E-state index contributed by atoms with van der Waals surface area (Å²) in [6.45, 7) is 10.0. The van der Waals surface area contributed by atoms with Gasteiger partial charge in [-0.2, -0.15) is 0 Å². The summed E-state index contributed by atoms with van der Waals surface area (Å²) >= 11 is 0. The fourth-order valence-corrected chi connectivity index (χ4v) is 0.359. The van der Waals surface area contributed by atoms with Crippen LogP contribution in [0.1, 0.15) is 34.6 Å². The SMILES string of the molecule is C/C=C(C)\C(C)=C/N.CC. The number of allylic oxidation sites excluding steroid dienone is 3. The third kappa shape index (κ3) is 5.42. The van der Waals surface area contributed by atoms with Gasteiger partial charge < -0.3 is 5.73 Å². The van der Waals surface area contributed by atoms with E-state index in [1.807, 2.05) is 40.7 Å². The maximum absolute atomic E-state index is 5.25. The van der Waals surface area contributed by atoms with E-state index in [0.717, 1.165) is 5.57 Å². The summed E-state index contributed by atoms with van der Waals surface area (Å²) in [4.78, 5) is 0. The zero-order chi connectivity index (χ0) is 8.57. The number of rotatable bonds is 1. The van der Waals surface area contributed by atoms with Crippen molar-refractivity contribution >= 4 is 0 Å². The summed E-state index contributed by atoms with van der Waals surface area (Å²) in [6.07, 6.45) is 3.66. The number of hydrogen-bond acceptors (Lipinski definition) is 1. The molecule has 0 saturated carbocycles. The molecule has 0 fully saturated rings. The molecule has 10 heavy (non-hydrogen) atoms. The number of nitrogens with two attached hydrogens (primary N) is 1. The van der Waals surface area contributed by atoms with Gasteiger partial charge in [-0.25, -0.2) is 0 Å². The Morgan fingerprint density at radius 2 is 1.50 bits per heavy atom. The Bertz CT molecular complexity index is 105. The quantitative estimate of drug-likeness (QED) is 0.558. The standard InChI is InChI=1S/C7H13N.C2H6/c1-4-6(2)7(3)5-8;1-2/h4-5H,8H2,1-3H3;1-2H3/b6-4-,7-5-;. The highest BCUT2D eigenvalue weighted by molar-refractivity contribution is 5.24. The lowest BCUT2D eigenvalue weighted by Crippen LogP contribution is -1.84. The first-order chi connectivity index (χ1) is 4.72. The second-order valence-electron chi connectivity index (χ2n) is 1.82. The lowest BCUT2D eigenvalue weighted by atomic mass is 10.1. The predicted molar refractivity (Wildman–Crippen MR) is 48.7 cm³/mol. The molecule has 0 aromatic carbocycles. The van der Waals surface area contributed by atoms with Crippen LogP contribution >= 0.6 is 0 Å². The Labute approximate surface area is 64.6 Å². The highest BCUT2D eigenvalue weighted by Crippen LogP contribution is 2.04. The van der Waals surface area contributed by atoms with E-state index in [1.54, 1.807) is 6.20 Å². The predicted octanol–water partition coefficient (Wildman–Crippen LogP) is 2.84. The molecule has 0 bridgehead atoms. The summed E-state index contributed by atoms with van der Waals surface area (Å²) in [5, 5.41) is 0. The van der Waals surface area contributed by atoms with Crippen LogP contribution in [0.15, 0.2) is 23.4 Å². The Kier molecular flexibility index (Phi) is 9.94. The van der Waals surface area contributed by atoms with Crippen LogP contribution in [-0.4, -0.2) is 0 Å². The molecule has 0 aromatic rings. The van der Waals surface area contributed by atoms with Crippen LogP contribution in [0.3, 0.4) is 0 Å². The lowest BCUT2D eigenvalue weighted by molar-refractivity contribution is 1.30. The highest BCUT2D eigenvalue weighted by atomic mass is 14.5. The monoisotopic (exact) mass is 141 g/mol. The van der Waals surface area contributed by atoms with Crippen LogP contribution in [0.25, 0.3) is 0 Å². The second-order valence-corrected chi connectivity index (χ2v) is 1.82. The summed E-state index contributed by atoms with van der Waals surface area (Å²) in [7, 11) is 0. The molecule has 0 aliphatic carbocycles. The molecule has 0 aliphatic rings. The van der Waals surface area contributed by atoms with E-state index >= 15 is 0 Å². The van der Waals surface area contributed by atoms with Crippen LogP contribution in [0.5, 0.6) is 0 Å². The summed E-state index contributed by atoms with van der Waals surface area (Å²) < 4.78 is 0. The van der Waals surface area contributed by atoms with Crippen molar-refractivity contribution in [2.45, 2.75) is 34.6 Å². The third-order valence-corrected chi connectivity index (χ3v) is 1.31. The first kappa shape index (κ1) is 12.0. The molecule has 0 spiro atoms. The van der Waals surface area contributed by atoms with E-state index in [1.165, 1.54) is 5.57 Å². The minimum atomic E-state index is 1.15. The van der Waals surface area contributed by atoms with Crippen molar-refractivity contribution < 1.29 is 0 Å². The van der Waals surface area contributed by atoms with Gasteiger partial charge in [-0.15, -0.1) is 0 Å². The largest absolute Gasteiger partial charge is 0.404 e. The fourth-order valence-electron chi connectivity index (χ4n) is 0.359. The average molecular weight is 141 g/mol. The second kappa shape index (κ2) is 8.28. The van der Waals surface area contributed by atoms with Crippen molar-refractivity contribution in [1.29, 1.82) is 0 Å². The van der Waals surface area contributed by atoms with Crippen LogP contribution in [-0.2, 0) is 0 Å². The van der Waals surface area contributed by atoms with E-state index in [0.29, 0.717) is 0 Å². The maximum atomic E-state index is 5.25. The van der Waals surface area contributed by atoms with Gasteiger partial charge in [0, 0.05) is 0 Å². The Morgan fingerprint density at radius 1 is 1.10 bits per heavy atom. The highest BCUT2D eigenvalue weighted by Gasteiger charge is 1.85. The smallest absolute Gasteiger partial charge is 0.00300 e. The van der Waals surface area contributed by atoms with Crippen molar-refractivity contribution in [2.75, 3.05) is 0 Å². The molecule has 0 amide bonds. The zero-order valence-corrected chi connectivity index (χ0v) is 7.73. The third-order valence-electron chi connectivity index (χ3n) is 1.31. The van der Waals surface area contributed by atoms with Crippen LogP contribution in [0.4, 0.5) is 0 Å². The van der Waals surface area contributed by atoms with Gasteiger partial charge >= 0.3 is 0 Å². The van der Waals surface area contributed by atoms with Gasteiger partial charge in [0.2, 0.25) is 0 Å². The summed E-state index contributed by atoms with van der Waals surface area (Å²) in [5.41, 5.74) is 7.63. The van der Waals surface area contributed by atoms with Gasteiger partial charge in [-0.3, -0.25) is 0 Å². The molecular weight excluding hydrogens is 122 g/mol. The van der Waals surface area contributed by atoms with Gasteiger partial charge in [0.25, 0.3) is 0 Å². The molecule has 1 nitrogen and oxygen atoms in total. The summed E-state index contributed by atoms with van der Waals surface area (Å²) in [5.74, 6) is 0. The minimum Gasteiger partial charge on any atom is -0.404 e. The Hall–Kier alpha value is -0.720. The normalized spacial score (nSPS) is 12.1. The van der Waals surface area contributed by atoms with Crippen molar-refractivity contribution in [2.24, 2.45) is 5.73 Å². The van der Waals surface area contributed by atoms with Gasteiger partial charge in [0.05, 0.1) is 0 Å². The Morgan fingerprint density at radius 3 is 1.60 bits per heavy atom. The van der Waals surface area contributed by atoms with Gasteiger partial charge in [-0.1, -0.05) is 25.5 Å². The molecule has 0 radical (unpaired) electrons. The van der Waals surface area contributed by atoms with Gasteiger partial charge in [0.15, 0.2) is 0 Å². The molecule has 0 unspecified atom stereocenters. The number of hydrogen-bond donors (Lipinski definition) is 1.